The lowest BCUT2D eigenvalue weighted by atomic mass is 9.84. The molecule has 1 aromatic heterocycles. The molecule has 8 heteroatoms. The van der Waals surface area contributed by atoms with Gasteiger partial charge in [0.2, 0.25) is 5.91 Å². The first-order valence-electron chi connectivity index (χ1n) is 11.0. The van der Waals surface area contributed by atoms with Crippen molar-refractivity contribution in [3.05, 3.63) is 47.5 Å². The molecule has 1 atom stereocenters. The minimum Gasteiger partial charge on any atom is -0.355 e. The number of nitrogens with zero attached hydrogens (tertiary/aromatic N) is 5. The maximum Gasteiger partial charge on any atom is 0.230 e. The van der Waals surface area contributed by atoms with Crippen LogP contribution in [0.15, 0.2) is 35.3 Å². The Bertz CT molecular complexity index is 898. The summed E-state index contributed by atoms with van der Waals surface area (Å²) in [6.07, 6.45) is 3.97. The van der Waals surface area contributed by atoms with Gasteiger partial charge >= 0.3 is 0 Å². The second-order valence-electron chi connectivity index (χ2n) is 8.70. The van der Waals surface area contributed by atoms with Crippen LogP contribution in [0.25, 0.3) is 0 Å². The minimum atomic E-state index is -0.372. The van der Waals surface area contributed by atoms with Crippen LogP contribution >= 0.6 is 0 Å². The summed E-state index contributed by atoms with van der Waals surface area (Å²) >= 11 is 0. The molecule has 0 aliphatic heterocycles. The third-order valence-corrected chi connectivity index (χ3v) is 6.23. The number of hydrogen-bond acceptors (Lipinski definition) is 4. The van der Waals surface area contributed by atoms with Crippen molar-refractivity contribution in [2.45, 2.75) is 52.1 Å². The fourth-order valence-corrected chi connectivity index (χ4v) is 4.17. The van der Waals surface area contributed by atoms with Crippen molar-refractivity contribution in [2.24, 2.45) is 17.5 Å². The third-order valence-electron chi connectivity index (χ3n) is 6.23. The number of carbonyl (C=O) groups is 1. The molecule has 1 aliphatic rings. The molecule has 8 nitrogen and oxygen atoms in total. The van der Waals surface area contributed by atoms with Crippen molar-refractivity contribution in [1.82, 2.24) is 30.3 Å². The van der Waals surface area contributed by atoms with Crippen molar-refractivity contribution in [3.8, 4) is 0 Å². The van der Waals surface area contributed by atoms with E-state index in [2.05, 4.69) is 39.9 Å². The highest BCUT2D eigenvalue weighted by Crippen LogP contribution is 2.38. The SMILES string of the molecule is Cc1nnc(CN=C(NCC2(C(=O)N(C)C)CCCC2)NC(C)c2ccccc2)n1C. The number of hydrogen-bond donors (Lipinski definition) is 2. The monoisotopic (exact) mass is 425 g/mol. The average molecular weight is 426 g/mol. The van der Waals surface area contributed by atoms with E-state index >= 15 is 0 Å². The molecule has 0 radical (unpaired) electrons. The van der Waals surface area contributed by atoms with Gasteiger partial charge in [-0.2, -0.15) is 0 Å². The Kier molecular flexibility index (Phi) is 7.30. The van der Waals surface area contributed by atoms with Crippen LogP contribution in [-0.4, -0.2) is 52.2 Å². The smallest absolute Gasteiger partial charge is 0.230 e. The van der Waals surface area contributed by atoms with Crippen LogP contribution in [0.5, 0.6) is 0 Å². The Labute approximate surface area is 185 Å². The molecule has 1 aliphatic carbocycles. The highest BCUT2D eigenvalue weighted by atomic mass is 16.2. The van der Waals surface area contributed by atoms with E-state index in [1.54, 1.807) is 4.90 Å². The van der Waals surface area contributed by atoms with Gasteiger partial charge in [0.05, 0.1) is 11.5 Å². The van der Waals surface area contributed by atoms with Crippen LogP contribution in [0.4, 0.5) is 0 Å². The Morgan fingerprint density at radius 2 is 1.90 bits per heavy atom. The molecule has 1 fully saturated rings. The molecule has 2 N–H and O–H groups in total. The van der Waals surface area contributed by atoms with Crippen molar-refractivity contribution >= 4 is 11.9 Å². The third kappa shape index (κ3) is 5.42. The molecule has 31 heavy (non-hydrogen) atoms. The van der Waals surface area contributed by atoms with Crippen molar-refractivity contribution < 1.29 is 4.79 Å². The molecule has 1 unspecified atom stereocenters. The summed E-state index contributed by atoms with van der Waals surface area (Å²) in [7, 11) is 5.61. The first-order chi connectivity index (χ1) is 14.8. The van der Waals surface area contributed by atoms with Crippen molar-refractivity contribution in [2.75, 3.05) is 20.6 Å². The summed E-state index contributed by atoms with van der Waals surface area (Å²) in [6.45, 7) is 5.00. The number of nitrogens with one attached hydrogen (secondary N) is 2. The van der Waals surface area contributed by atoms with E-state index in [0.717, 1.165) is 37.3 Å². The summed E-state index contributed by atoms with van der Waals surface area (Å²) in [5.41, 5.74) is 0.801. The number of benzene rings is 1. The quantitative estimate of drug-likeness (QED) is 0.526. The fourth-order valence-electron chi connectivity index (χ4n) is 4.17. The zero-order chi connectivity index (χ0) is 22.4. The molecule has 2 aromatic rings. The second kappa shape index (κ2) is 9.94. The highest BCUT2D eigenvalue weighted by molar-refractivity contribution is 5.85. The topological polar surface area (TPSA) is 87.4 Å². The predicted octanol–water partition coefficient (Wildman–Crippen LogP) is 2.57. The molecular formula is C23H35N7O. The van der Waals surface area contributed by atoms with Gasteiger partial charge in [-0.1, -0.05) is 43.2 Å². The lowest BCUT2D eigenvalue weighted by Crippen LogP contribution is -2.49. The highest BCUT2D eigenvalue weighted by Gasteiger charge is 2.42. The maximum atomic E-state index is 13.0. The zero-order valence-electron chi connectivity index (χ0n) is 19.4. The van der Waals surface area contributed by atoms with Gasteiger partial charge in [-0.15, -0.1) is 10.2 Å². The largest absolute Gasteiger partial charge is 0.355 e. The van der Waals surface area contributed by atoms with E-state index in [4.69, 9.17) is 4.99 Å². The number of guanidine groups is 1. The first-order valence-corrected chi connectivity index (χ1v) is 11.0. The first kappa shape index (κ1) is 22.8. The Balaban J connectivity index is 1.78. The van der Waals surface area contributed by atoms with Gasteiger partial charge in [-0.25, -0.2) is 4.99 Å². The van der Waals surface area contributed by atoms with E-state index in [1.807, 2.05) is 50.8 Å². The average Bonchev–Trinajstić information content (AvgIpc) is 3.38. The maximum absolute atomic E-state index is 13.0. The summed E-state index contributed by atoms with van der Waals surface area (Å²) in [5.74, 6) is 2.52. The number of aromatic nitrogens is 3. The van der Waals surface area contributed by atoms with Gasteiger partial charge < -0.3 is 20.1 Å². The van der Waals surface area contributed by atoms with Gasteiger partial charge in [0.25, 0.3) is 0 Å². The summed E-state index contributed by atoms with van der Waals surface area (Å²) < 4.78 is 1.94. The lowest BCUT2D eigenvalue weighted by molar-refractivity contribution is -0.138. The molecule has 0 bridgehead atoms. The van der Waals surface area contributed by atoms with E-state index in [-0.39, 0.29) is 17.4 Å². The number of aryl methyl sites for hydroxylation is 1. The fraction of sp³-hybridized carbons (Fsp3) is 0.565. The number of rotatable bonds is 7. The van der Waals surface area contributed by atoms with Crippen LogP contribution in [0.2, 0.25) is 0 Å². The molecule has 1 amide bonds. The van der Waals surface area contributed by atoms with Gasteiger partial charge in [0.1, 0.15) is 12.4 Å². The molecule has 3 rings (SSSR count). The van der Waals surface area contributed by atoms with Crippen LogP contribution in [0.3, 0.4) is 0 Å². The Morgan fingerprint density at radius 3 is 2.48 bits per heavy atom. The van der Waals surface area contributed by atoms with Crippen LogP contribution < -0.4 is 10.6 Å². The van der Waals surface area contributed by atoms with Crippen molar-refractivity contribution in [3.63, 3.8) is 0 Å². The number of carbonyl (C=O) groups excluding carboxylic acids is 1. The molecule has 1 heterocycles. The second-order valence-corrected chi connectivity index (χ2v) is 8.70. The van der Waals surface area contributed by atoms with Crippen molar-refractivity contribution in [1.29, 1.82) is 0 Å². The van der Waals surface area contributed by atoms with Gasteiger partial charge in [-0.05, 0) is 32.3 Å². The Morgan fingerprint density at radius 1 is 1.23 bits per heavy atom. The Hall–Kier alpha value is -2.90. The minimum absolute atomic E-state index is 0.0674. The number of amides is 1. The molecular weight excluding hydrogens is 390 g/mol. The van der Waals surface area contributed by atoms with E-state index in [1.165, 1.54) is 5.56 Å². The predicted molar refractivity (Wildman–Crippen MR) is 122 cm³/mol. The molecule has 1 aromatic carbocycles. The zero-order valence-corrected chi connectivity index (χ0v) is 19.4. The van der Waals surface area contributed by atoms with Gasteiger partial charge in [-0.3, -0.25) is 4.79 Å². The molecule has 0 saturated heterocycles. The number of aliphatic imine (C=N–C) groups is 1. The van der Waals surface area contributed by atoms with E-state index < -0.39 is 0 Å². The standard InChI is InChI=1S/C23H35N7O/c1-17(19-11-7-6-8-12-19)26-22(24-15-20-28-27-18(2)30(20)5)25-16-23(13-9-10-14-23)21(31)29(3)4/h6-8,11-12,17H,9-10,13-16H2,1-5H3,(H2,24,25,26). The van der Waals surface area contributed by atoms with Crippen LogP contribution in [0, 0.1) is 12.3 Å². The van der Waals surface area contributed by atoms with Crippen LogP contribution in [0.1, 0.15) is 55.9 Å². The summed E-state index contributed by atoms with van der Waals surface area (Å²) in [4.78, 5) is 19.4. The van der Waals surface area contributed by atoms with Crippen LogP contribution in [-0.2, 0) is 18.4 Å². The van der Waals surface area contributed by atoms with E-state index in [9.17, 15) is 4.79 Å². The molecule has 1 saturated carbocycles. The summed E-state index contributed by atoms with van der Waals surface area (Å²) in [5, 5.41) is 15.3. The summed E-state index contributed by atoms with van der Waals surface area (Å²) in [6, 6.07) is 10.3. The lowest BCUT2D eigenvalue weighted by Gasteiger charge is -2.32. The molecule has 168 valence electrons. The van der Waals surface area contributed by atoms with E-state index in [0.29, 0.717) is 19.0 Å². The molecule has 0 spiro atoms. The normalized spacial score (nSPS) is 16.7. The van der Waals surface area contributed by atoms with Gasteiger partial charge in [0, 0.05) is 27.7 Å². The van der Waals surface area contributed by atoms with Gasteiger partial charge in [0.15, 0.2) is 11.8 Å².